The van der Waals surface area contributed by atoms with Crippen molar-refractivity contribution in [3.63, 3.8) is 0 Å². The maximum absolute atomic E-state index is 12.7. The quantitative estimate of drug-likeness (QED) is 0.199. The number of allylic oxidation sites excluding steroid dienone is 2. The third kappa shape index (κ3) is 5.02. The van der Waals surface area contributed by atoms with Crippen LogP contribution in [0.3, 0.4) is 0 Å². The maximum atomic E-state index is 12.7. The molecular weight excluding hydrogens is 460 g/mol. The zero-order chi connectivity index (χ0) is 19.7. The van der Waals surface area contributed by atoms with Gasteiger partial charge in [0.25, 0.3) is 10.4 Å². The Bertz CT molecular complexity index is 488. The molecular formula is C8Cl4F10O2. The monoisotopic (exact) mass is 458 g/mol. The smallest absolute Gasteiger partial charge is 0.275 e. The van der Waals surface area contributed by atoms with Crippen LogP contribution in [0.5, 0.6) is 0 Å². The van der Waals surface area contributed by atoms with Gasteiger partial charge in [-0.15, -0.1) is 0 Å². The second-order valence-electron chi connectivity index (χ2n) is 3.49. The Balaban J connectivity index is 5.41. The van der Waals surface area contributed by atoms with Gasteiger partial charge in [-0.1, -0.05) is 23.2 Å². The Morgan fingerprint density at radius 1 is 0.500 bits per heavy atom. The molecule has 0 aromatic rings. The van der Waals surface area contributed by atoms with Crippen molar-refractivity contribution in [2.24, 2.45) is 0 Å². The molecule has 142 valence electrons. The molecule has 0 unspecified atom stereocenters. The number of hydrogen-bond donors (Lipinski definition) is 0. The van der Waals surface area contributed by atoms with Crippen molar-refractivity contribution in [3.8, 4) is 0 Å². The van der Waals surface area contributed by atoms with Crippen LogP contribution in [-0.2, 0) is 9.78 Å². The highest BCUT2D eigenvalue weighted by Crippen LogP contribution is 2.46. The summed E-state index contributed by atoms with van der Waals surface area (Å²) in [4.78, 5) is 6.87. The predicted octanol–water partition coefficient (Wildman–Crippen LogP) is 6.62. The summed E-state index contributed by atoms with van der Waals surface area (Å²) >= 11 is 18.7. The topological polar surface area (TPSA) is 18.5 Å². The Labute approximate surface area is 145 Å². The number of rotatable bonds is 5. The lowest BCUT2D eigenvalue weighted by Gasteiger charge is -2.20. The molecule has 0 rings (SSSR count). The Hall–Kier alpha value is -0.460. The Kier molecular flexibility index (Phi) is 7.28. The first kappa shape index (κ1) is 23.5. The van der Waals surface area contributed by atoms with Crippen LogP contribution in [0.25, 0.3) is 0 Å². The van der Waals surface area contributed by atoms with Crippen LogP contribution in [0.1, 0.15) is 0 Å². The molecule has 0 aliphatic rings. The van der Waals surface area contributed by atoms with E-state index in [0.717, 1.165) is 0 Å². The van der Waals surface area contributed by atoms with E-state index in [1.807, 2.05) is 0 Å². The first-order valence-electron chi connectivity index (χ1n) is 4.72. The van der Waals surface area contributed by atoms with Gasteiger partial charge < -0.3 is 0 Å². The van der Waals surface area contributed by atoms with Gasteiger partial charge in [0.15, 0.2) is 10.1 Å². The van der Waals surface area contributed by atoms with Crippen LogP contribution in [0.2, 0.25) is 0 Å². The summed E-state index contributed by atoms with van der Waals surface area (Å²) in [5, 5.41) is -9.14. The zero-order valence-electron chi connectivity index (χ0n) is 10.1. The molecule has 0 spiro atoms. The van der Waals surface area contributed by atoms with E-state index in [4.69, 9.17) is 23.2 Å². The normalized spacial score (nSPS) is 16.4. The van der Waals surface area contributed by atoms with E-state index in [1.54, 1.807) is 0 Å². The van der Waals surface area contributed by atoms with E-state index in [-0.39, 0.29) is 0 Å². The number of halogens is 14. The molecule has 2 nitrogen and oxygen atoms in total. The lowest BCUT2D eigenvalue weighted by molar-refractivity contribution is -0.269. The summed E-state index contributed by atoms with van der Waals surface area (Å²) in [6.07, 6.45) is -12.5. The fourth-order valence-electron chi connectivity index (χ4n) is 0.642. The molecule has 0 bridgehead atoms. The molecule has 16 heteroatoms. The summed E-state index contributed by atoms with van der Waals surface area (Å²) in [5.41, 5.74) is 0. The van der Waals surface area contributed by atoms with Crippen molar-refractivity contribution in [1.29, 1.82) is 0 Å². The lowest BCUT2D eigenvalue weighted by atomic mass is 10.3. The summed E-state index contributed by atoms with van der Waals surface area (Å²) in [7, 11) is 0. The molecule has 0 amide bonds. The van der Waals surface area contributed by atoms with Gasteiger partial charge in [-0.05, 0) is 23.2 Å². The molecule has 0 saturated carbocycles. The summed E-state index contributed by atoms with van der Waals surface area (Å²) < 4.78 is 123. The standard InChI is InChI=1S/C8Cl4F10O2/c9-1(5(13,14)7(17,18)19)3(11)23-24-4(12)2(10)6(15,16)8(20,21)22. The van der Waals surface area contributed by atoms with Gasteiger partial charge in [-0.25, -0.2) is 0 Å². The lowest BCUT2D eigenvalue weighted by Crippen LogP contribution is -2.37. The third-order valence-corrected chi connectivity index (χ3v) is 3.31. The van der Waals surface area contributed by atoms with Crippen molar-refractivity contribution in [2.75, 3.05) is 0 Å². The minimum absolute atomic E-state index is 2.06. The molecule has 0 saturated heterocycles. The zero-order valence-corrected chi connectivity index (χ0v) is 13.1. The minimum atomic E-state index is -6.23. The van der Waals surface area contributed by atoms with E-state index < -0.39 is 44.7 Å². The van der Waals surface area contributed by atoms with Crippen LogP contribution < -0.4 is 0 Å². The van der Waals surface area contributed by atoms with Crippen LogP contribution in [0.15, 0.2) is 20.5 Å². The first-order chi connectivity index (χ1) is 10.4. The minimum Gasteiger partial charge on any atom is -0.275 e. The van der Waals surface area contributed by atoms with E-state index in [2.05, 4.69) is 33.0 Å². The summed E-state index contributed by atoms with van der Waals surface area (Å²) in [6.45, 7) is 0. The second kappa shape index (κ2) is 7.42. The van der Waals surface area contributed by atoms with Gasteiger partial charge in [0.1, 0.15) is 0 Å². The SMILES string of the molecule is FC(F)(F)C(F)(F)C(Cl)=C(Cl)OOC(Cl)=C(Cl)C(F)(F)C(F)(F)F. The van der Waals surface area contributed by atoms with E-state index >= 15 is 0 Å². The summed E-state index contributed by atoms with van der Waals surface area (Å²) in [6, 6.07) is 0. The highest BCUT2D eigenvalue weighted by molar-refractivity contribution is 6.39. The number of alkyl halides is 10. The van der Waals surface area contributed by atoms with Crippen LogP contribution in [0.4, 0.5) is 43.9 Å². The summed E-state index contributed by atoms with van der Waals surface area (Å²) in [5.74, 6) is -11.5. The van der Waals surface area contributed by atoms with E-state index in [0.29, 0.717) is 0 Å². The van der Waals surface area contributed by atoms with Gasteiger partial charge in [0.05, 0.1) is 0 Å². The average molecular weight is 460 g/mol. The molecule has 0 fully saturated rings. The van der Waals surface area contributed by atoms with Gasteiger partial charge >= 0.3 is 24.2 Å². The second-order valence-corrected chi connectivity index (χ2v) is 4.93. The van der Waals surface area contributed by atoms with Crippen molar-refractivity contribution in [1.82, 2.24) is 0 Å². The van der Waals surface area contributed by atoms with Crippen LogP contribution >= 0.6 is 46.4 Å². The molecule has 0 atom stereocenters. The molecule has 0 radical (unpaired) electrons. The molecule has 0 aliphatic heterocycles. The third-order valence-electron chi connectivity index (χ3n) is 1.80. The van der Waals surface area contributed by atoms with Crippen molar-refractivity contribution >= 4 is 46.4 Å². The highest BCUT2D eigenvalue weighted by atomic mass is 35.5. The van der Waals surface area contributed by atoms with Gasteiger partial charge in [-0.2, -0.15) is 43.9 Å². The highest BCUT2D eigenvalue weighted by Gasteiger charge is 2.62. The average Bonchev–Trinajstić information content (AvgIpc) is 2.39. The predicted molar refractivity (Wildman–Crippen MR) is 61.6 cm³/mol. The maximum Gasteiger partial charge on any atom is 0.459 e. The van der Waals surface area contributed by atoms with E-state index in [9.17, 15) is 43.9 Å². The van der Waals surface area contributed by atoms with E-state index in [1.165, 1.54) is 0 Å². The molecule has 0 heterocycles. The Morgan fingerprint density at radius 3 is 0.875 bits per heavy atom. The van der Waals surface area contributed by atoms with Gasteiger partial charge in [-0.3, -0.25) is 9.78 Å². The van der Waals surface area contributed by atoms with Crippen molar-refractivity contribution in [3.05, 3.63) is 20.5 Å². The van der Waals surface area contributed by atoms with Gasteiger partial charge in [0, 0.05) is 0 Å². The van der Waals surface area contributed by atoms with Crippen molar-refractivity contribution < 1.29 is 53.7 Å². The van der Waals surface area contributed by atoms with Gasteiger partial charge in [0.2, 0.25) is 0 Å². The molecule has 0 aromatic carbocycles. The molecule has 24 heavy (non-hydrogen) atoms. The number of hydrogen-bond acceptors (Lipinski definition) is 2. The van der Waals surface area contributed by atoms with Crippen LogP contribution in [-0.4, -0.2) is 24.2 Å². The first-order valence-corrected chi connectivity index (χ1v) is 6.23. The molecule has 0 aliphatic carbocycles. The molecule has 0 N–H and O–H groups in total. The molecule has 0 aromatic heterocycles. The largest absolute Gasteiger partial charge is 0.459 e. The van der Waals surface area contributed by atoms with Crippen molar-refractivity contribution in [2.45, 2.75) is 24.2 Å². The fraction of sp³-hybridized carbons (Fsp3) is 0.500. The van der Waals surface area contributed by atoms with Crippen LogP contribution in [0, 0.1) is 0 Å². The fourth-order valence-corrected chi connectivity index (χ4v) is 1.22. The Morgan fingerprint density at radius 2 is 0.708 bits per heavy atom.